The Kier molecular flexibility index (Phi) is 8.50. The molecule has 1 amide bonds. The fourth-order valence-corrected chi connectivity index (χ4v) is 7.86. The minimum atomic E-state index is -4.03. The summed E-state index contributed by atoms with van der Waals surface area (Å²) in [7, 11) is -4.03. The summed E-state index contributed by atoms with van der Waals surface area (Å²) < 4.78 is 28.8. The normalized spacial score (nSPS) is 16.1. The molecular formula is C27H27ClN6O5S2. The van der Waals surface area contributed by atoms with Crippen molar-refractivity contribution >= 4 is 61.7 Å². The average Bonchev–Trinajstić information content (AvgIpc) is 3.43. The van der Waals surface area contributed by atoms with Gasteiger partial charge in [-0.1, -0.05) is 49.2 Å². The quantitative estimate of drug-likeness (QED) is 0.289. The summed E-state index contributed by atoms with van der Waals surface area (Å²) in [4.78, 5) is 39.7. The number of hydrogen-bond acceptors (Lipinski definition) is 9. The first-order valence-corrected chi connectivity index (χ1v) is 15.5. The summed E-state index contributed by atoms with van der Waals surface area (Å²) in [6.07, 6.45) is 6.08. The molecule has 41 heavy (non-hydrogen) atoms. The van der Waals surface area contributed by atoms with Crippen LogP contribution in [0.1, 0.15) is 34.8 Å². The van der Waals surface area contributed by atoms with Gasteiger partial charge in [0.2, 0.25) is 5.91 Å². The number of thiophene rings is 1. The number of piperazine rings is 1. The van der Waals surface area contributed by atoms with E-state index in [1.807, 2.05) is 24.3 Å². The lowest BCUT2D eigenvalue weighted by molar-refractivity contribution is -0.125. The number of aromatic carboxylic acids is 1. The van der Waals surface area contributed by atoms with Crippen molar-refractivity contribution in [3.8, 4) is 0 Å². The molecule has 214 valence electrons. The first-order valence-electron chi connectivity index (χ1n) is 12.9. The van der Waals surface area contributed by atoms with Gasteiger partial charge in [0.05, 0.1) is 16.7 Å². The van der Waals surface area contributed by atoms with Gasteiger partial charge in [0.25, 0.3) is 10.0 Å². The van der Waals surface area contributed by atoms with E-state index in [9.17, 15) is 23.1 Å². The Bertz CT molecular complexity index is 1700. The largest absolute Gasteiger partial charge is 0.478 e. The van der Waals surface area contributed by atoms with Crippen molar-refractivity contribution in [3.05, 3.63) is 76.0 Å². The molecule has 0 aliphatic carbocycles. The number of carboxylic acids is 1. The minimum Gasteiger partial charge on any atom is -0.478 e. The maximum absolute atomic E-state index is 13.6. The van der Waals surface area contributed by atoms with E-state index < -0.39 is 27.9 Å². The van der Waals surface area contributed by atoms with Gasteiger partial charge < -0.3 is 15.3 Å². The van der Waals surface area contributed by atoms with Crippen LogP contribution in [-0.4, -0.2) is 70.3 Å². The summed E-state index contributed by atoms with van der Waals surface area (Å²) in [5.74, 6) is -1.34. The average molecular weight is 615 g/mol. The fourth-order valence-electron chi connectivity index (χ4n) is 4.68. The molecular weight excluding hydrogens is 588 g/mol. The van der Waals surface area contributed by atoms with E-state index >= 15 is 0 Å². The number of sulfonamides is 1. The van der Waals surface area contributed by atoms with Gasteiger partial charge in [0.1, 0.15) is 32.7 Å². The monoisotopic (exact) mass is 614 g/mol. The molecule has 2 N–H and O–H groups in total. The van der Waals surface area contributed by atoms with Gasteiger partial charge in [0, 0.05) is 32.4 Å². The number of anilines is 1. The standard InChI is InChI=1S/C27H27ClN6O5S2/c1-2-3-17-4-6-18(7-5-17)12-31-26(35)21-16-33(10-11-34(21)41(38,39)24-9-8-22(28)40-24)23-15-30-20-14-29-13-19(27(36)37)25(20)32-23/h4-9,13-15,21H,2-3,10-12,16H2,1H3,(H,31,35)(H,36,37). The van der Waals surface area contributed by atoms with Gasteiger partial charge in [-0.3, -0.25) is 9.78 Å². The van der Waals surface area contributed by atoms with Crippen LogP contribution in [0.15, 0.2) is 59.2 Å². The Hall–Kier alpha value is -3.65. The Morgan fingerprint density at radius 3 is 2.54 bits per heavy atom. The number of rotatable bonds is 9. The number of carboxylic acid groups (broad SMARTS) is 1. The Morgan fingerprint density at radius 1 is 1.10 bits per heavy atom. The second-order valence-electron chi connectivity index (χ2n) is 9.51. The molecule has 14 heteroatoms. The lowest BCUT2D eigenvalue weighted by atomic mass is 10.1. The third kappa shape index (κ3) is 6.17. The summed E-state index contributed by atoms with van der Waals surface area (Å²) in [6, 6.07) is 9.76. The number of carbonyl (C=O) groups is 2. The number of amides is 1. The summed E-state index contributed by atoms with van der Waals surface area (Å²) in [5, 5.41) is 12.5. The lowest BCUT2D eigenvalue weighted by Gasteiger charge is -2.39. The van der Waals surface area contributed by atoms with Crippen LogP contribution in [0.25, 0.3) is 11.0 Å². The summed E-state index contributed by atoms with van der Waals surface area (Å²) in [6.45, 7) is 2.51. The van der Waals surface area contributed by atoms with Gasteiger partial charge in [-0.2, -0.15) is 4.31 Å². The maximum atomic E-state index is 13.6. The van der Waals surface area contributed by atoms with Crippen LogP contribution in [0.3, 0.4) is 0 Å². The predicted molar refractivity (Wildman–Crippen MR) is 156 cm³/mol. The van der Waals surface area contributed by atoms with Crippen LogP contribution >= 0.6 is 22.9 Å². The van der Waals surface area contributed by atoms with Crippen molar-refractivity contribution in [1.29, 1.82) is 0 Å². The molecule has 0 saturated carbocycles. The number of halogens is 1. The van der Waals surface area contributed by atoms with E-state index in [2.05, 4.69) is 27.2 Å². The number of aromatic nitrogens is 3. The second kappa shape index (κ2) is 12.1. The number of aryl methyl sites for hydroxylation is 1. The smallest absolute Gasteiger partial charge is 0.339 e. The topological polar surface area (TPSA) is 146 Å². The van der Waals surface area contributed by atoms with Crippen LogP contribution in [0.4, 0.5) is 5.82 Å². The molecule has 3 aromatic heterocycles. The van der Waals surface area contributed by atoms with Crippen LogP contribution in [0, 0.1) is 0 Å². The maximum Gasteiger partial charge on any atom is 0.339 e. The number of hydrogen-bond donors (Lipinski definition) is 2. The molecule has 0 bridgehead atoms. The second-order valence-corrected chi connectivity index (χ2v) is 13.3. The van der Waals surface area contributed by atoms with E-state index in [0.717, 1.165) is 29.7 Å². The van der Waals surface area contributed by atoms with E-state index in [-0.39, 0.29) is 41.5 Å². The first kappa shape index (κ1) is 28.9. The molecule has 5 rings (SSSR count). The summed E-state index contributed by atoms with van der Waals surface area (Å²) >= 11 is 6.95. The van der Waals surface area contributed by atoms with Gasteiger partial charge in [-0.05, 0) is 29.7 Å². The predicted octanol–water partition coefficient (Wildman–Crippen LogP) is 3.59. The van der Waals surface area contributed by atoms with E-state index in [0.29, 0.717) is 15.7 Å². The molecule has 1 fully saturated rings. The molecule has 1 aliphatic heterocycles. The molecule has 4 aromatic rings. The van der Waals surface area contributed by atoms with Crippen molar-refractivity contribution in [2.24, 2.45) is 0 Å². The molecule has 4 heterocycles. The van der Waals surface area contributed by atoms with Crippen molar-refractivity contribution in [1.82, 2.24) is 24.6 Å². The zero-order chi connectivity index (χ0) is 29.1. The number of pyridine rings is 1. The fraction of sp³-hybridized carbons (Fsp3) is 0.296. The number of benzene rings is 1. The first-order chi connectivity index (χ1) is 19.7. The number of fused-ring (bicyclic) bond motifs is 1. The van der Waals surface area contributed by atoms with E-state index in [1.54, 1.807) is 4.90 Å². The minimum absolute atomic E-state index is 0.0104. The molecule has 1 aromatic carbocycles. The van der Waals surface area contributed by atoms with Crippen molar-refractivity contribution in [3.63, 3.8) is 0 Å². The molecule has 11 nitrogen and oxygen atoms in total. The number of nitrogens with zero attached hydrogens (tertiary/aromatic N) is 5. The molecule has 1 aliphatic rings. The number of carbonyl (C=O) groups excluding carboxylic acids is 1. The van der Waals surface area contributed by atoms with Crippen molar-refractivity contribution < 1.29 is 23.1 Å². The Balaban J connectivity index is 1.43. The third-order valence-electron chi connectivity index (χ3n) is 6.77. The van der Waals surface area contributed by atoms with Crippen LogP contribution in [0.5, 0.6) is 0 Å². The van der Waals surface area contributed by atoms with Gasteiger partial charge >= 0.3 is 5.97 Å². The Morgan fingerprint density at radius 2 is 1.85 bits per heavy atom. The molecule has 0 radical (unpaired) electrons. The zero-order valence-electron chi connectivity index (χ0n) is 22.0. The molecule has 1 unspecified atom stereocenters. The van der Waals surface area contributed by atoms with E-state index in [1.165, 1.54) is 40.6 Å². The lowest BCUT2D eigenvalue weighted by Crippen LogP contribution is -2.60. The van der Waals surface area contributed by atoms with Crippen LogP contribution in [0.2, 0.25) is 4.34 Å². The van der Waals surface area contributed by atoms with Crippen LogP contribution in [-0.2, 0) is 27.8 Å². The molecule has 1 saturated heterocycles. The molecule has 1 atom stereocenters. The highest BCUT2D eigenvalue weighted by Crippen LogP contribution is 2.31. The van der Waals surface area contributed by atoms with Crippen molar-refractivity contribution in [2.75, 3.05) is 24.5 Å². The Labute approximate surface area is 245 Å². The summed E-state index contributed by atoms with van der Waals surface area (Å²) in [5.41, 5.74) is 2.45. The third-order valence-corrected chi connectivity index (χ3v) is 10.4. The van der Waals surface area contributed by atoms with Crippen LogP contribution < -0.4 is 10.2 Å². The van der Waals surface area contributed by atoms with Gasteiger partial charge in [-0.15, -0.1) is 11.3 Å². The van der Waals surface area contributed by atoms with E-state index in [4.69, 9.17) is 11.6 Å². The number of nitrogens with one attached hydrogen (secondary N) is 1. The highest BCUT2D eigenvalue weighted by molar-refractivity contribution is 7.91. The molecule has 0 spiro atoms. The highest BCUT2D eigenvalue weighted by atomic mass is 35.5. The zero-order valence-corrected chi connectivity index (χ0v) is 24.4. The highest BCUT2D eigenvalue weighted by Gasteiger charge is 2.41. The van der Waals surface area contributed by atoms with Crippen molar-refractivity contribution in [2.45, 2.75) is 36.6 Å². The van der Waals surface area contributed by atoms with Gasteiger partial charge in [-0.25, -0.2) is 23.2 Å². The van der Waals surface area contributed by atoms with Gasteiger partial charge in [0.15, 0.2) is 0 Å². The SMILES string of the molecule is CCCc1ccc(CNC(=O)C2CN(c3cnc4cncc(C(=O)O)c4n3)CCN2S(=O)(=O)c2ccc(Cl)s2)cc1.